The molecule has 2 N–H and O–H groups in total. The number of carbonyl (C=O) groups excluding carboxylic acids is 2. The summed E-state index contributed by atoms with van der Waals surface area (Å²) in [4.78, 5) is 28.4. The number of benzene rings is 1. The van der Waals surface area contributed by atoms with Crippen molar-refractivity contribution in [1.82, 2.24) is 15.1 Å². The van der Waals surface area contributed by atoms with Crippen LogP contribution >= 0.6 is 0 Å². The van der Waals surface area contributed by atoms with E-state index in [-0.39, 0.29) is 23.9 Å². The highest BCUT2D eigenvalue weighted by Gasteiger charge is 2.35. The third-order valence-corrected chi connectivity index (χ3v) is 5.21. The Kier molecular flexibility index (Phi) is 5.22. The fourth-order valence-corrected chi connectivity index (χ4v) is 3.63. The first-order valence-electron chi connectivity index (χ1n) is 8.77. The SMILES string of the molecule is CNc1ccc(C(=O)NC2CCN(C3CCN(C)C3=O)CC2)cc1F. The predicted octanol–water partition coefficient (Wildman–Crippen LogP) is 1.29. The molecule has 0 aliphatic carbocycles. The number of nitrogens with one attached hydrogen (secondary N) is 2. The Bertz CT molecular complexity index is 658. The van der Waals surface area contributed by atoms with Crippen LogP contribution in [-0.4, -0.2) is 67.4 Å². The predicted molar refractivity (Wildman–Crippen MR) is 94.0 cm³/mol. The summed E-state index contributed by atoms with van der Waals surface area (Å²) < 4.78 is 13.8. The Labute approximate surface area is 147 Å². The van der Waals surface area contributed by atoms with E-state index in [1.807, 2.05) is 7.05 Å². The molecule has 1 aromatic carbocycles. The highest BCUT2D eigenvalue weighted by atomic mass is 19.1. The average molecular weight is 348 g/mol. The number of likely N-dealkylation sites (tertiary alicyclic amines) is 2. The second-order valence-corrected chi connectivity index (χ2v) is 6.79. The molecule has 0 saturated carbocycles. The van der Waals surface area contributed by atoms with Crippen LogP contribution in [0.2, 0.25) is 0 Å². The van der Waals surface area contributed by atoms with Crippen LogP contribution in [-0.2, 0) is 4.79 Å². The number of piperidine rings is 1. The van der Waals surface area contributed by atoms with Crippen molar-refractivity contribution in [3.05, 3.63) is 29.6 Å². The van der Waals surface area contributed by atoms with E-state index >= 15 is 0 Å². The topological polar surface area (TPSA) is 64.7 Å². The largest absolute Gasteiger partial charge is 0.386 e. The molecule has 25 heavy (non-hydrogen) atoms. The average Bonchev–Trinajstić information content (AvgIpc) is 2.95. The molecule has 1 atom stereocenters. The number of nitrogens with zero attached hydrogens (tertiary/aromatic N) is 2. The van der Waals surface area contributed by atoms with Crippen LogP contribution in [0, 0.1) is 5.82 Å². The molecule has 2 aliphatic rings. The van der Waals surface area contributed by atoms with Gasteiger partial charge in [0.05, 0.1) is 11.7 Å². The summed E-state index contributed by atoms with van der Waals surface area (Å²) in [5, 5.41) is 5.72. The van der Waals surface area contributed by atoms with Gasteiger partial charge in [-0.05, 0) is 37.5 Å². The monoisotopic (exact) mass is 348 g/mol. The lowest BCUT2D eigenvalue weighted by atomic mass is 10.0. The van der Waals surface area contributed by atoms with Gasteiger partial charge >= 0.3 is 0 Å². The maximum absolute atomic E-state index is 13.8. The first-order chi connectivity index (χ1) is 12.0. The van der Waals surface area contributed by atoms with Crippen molar-refractivity contribution in [1.29, 1.82) is 0 Å². The van der Waals surface area contributed by atoms with Gasteiger partial charge in [-0.1, -0.05) is 0 Å². The molecule has 0 radical (unpaired) electrons. The molecule has 7 heteroatoms. The third kappa shape index (κ3) is 3.76. The van der Waals surface area contributed by atoms with Gasteiger partial charge < -0.3 is 15.5 Å². The molecule has 2 saturated heterocycles. The molecular weight excluding hydrogens is 323 g/mol. The number of hydrogen-bond acceptors (Lipinski definition) is 4. The van der Waals surface area contributed by atoms with E-state index in [9.17, 15) is 14.0 Å². The minimum atomic E-state index is -0.436. The molecule has 136 valence electrons. The molecule has 3 rings (SSSR count). The summed E-state index contributed by atoms with van der Waals surface area (Å²) in [6, 6.07) is 4.49. The Hall–Kier alpha value is -2.15. The summed E-state index contributed by atoms with van der Waals surface area (Å²) in [7, 11) is 3.48. The van der Waals surface area contributed by atoms with E-state index in [0.29, 0.717) is 11.3 Å². The maximum Gasteiger partial charge on any atom is 0.251 e. The van der Waals surface area contributed by atoms with Gasteiger partial charge in [0.2, 0.25) is 5.91 Å². The highest BCUT2D eigenvalue weighted by Crippen LogP contribution is 2.21. The molecule has 0 aromatic heterocycles. The lowest BCUT2D eigenvalue weighted by Gasteiger charge is -2.35. The van der Waals surface area contributed by atoms with Gasteiger partial charge in [0.25, 0.3) is 5.91 Å². The minimum Gasteiger partial charge on any atom is -0.386 e. The van der Waals surface area contributed by atoms with Crippen LogP contribution in [0.4, 0.5) is 10.1 Å². The Balaban J connectivity index is 1.53. The van der Waals surface area contributed by atoms with E-state index in [1.165, 1.54) is 6.07 Å². The fourth-order valence-electron chi connectivity index (χ4n) is 3.63. The number of hydrogen-bond donors (Lipinski definition) is 2. The van der Waals surface area contributed by atoms with Crippen LogP contribution in [0.15, 0.2) is 18.2 Å². The van der Waals surface area contributed by atoms with Crippen LogP contribution in [0.1, 0.15) is 29.6 Å². The standard InChI is InChI=1S/C18H25FN4O2/c1-20-15-4-3-12(11-14(15)19)17(24)21-13-5-9-23(10-6-13)16-7-8-22(2)18(16)25/h3-4,11,13,16,20H,5-10H2,1-2H3,(H,21,24). The van der Waals surface area contributed by atoms with Crippen LogP contribution in [0.25, 0.3) is 0 Å². The van der Waals surface area contributed by atoms with Crippen molar-refractivity contribution in [3.8, 4) is 0 Å². The van der Waals surface area contributed by atoms with E-state index < -0.39 is 5.82 Å². The van der Waals surface area contributed by atoms with E-state index in [1.54, 1.807) is 24.1 Å². The van der Waals surface area contributed by atoms with Crippen molar-refractivity contribution >= 4 is 17.5 Å². The van der Waals surface area contributed by atoms with Gasteiger partial charge in [-0.2, -0.15) is 0 Å². The summed E-state index contributed by atoms with van der Waals surface area (Å²) in [6.45, 7) is 2.40. The van der Waals surface area contributed by atoms with Crippen LogP contribution in [0.3, 0.4) is 0 Å². The van der Waals surface area contributed by atoms with Gasteiger partial charge in [-0.25, -0.2) is 4.39 Å². The second-order valence-electron chi connectivity index (χ2n) is 6.79. The number of rotatable bonds is 4. The van der Waals surface area contributed by atoms with Gasteiger partial charge in [0.15, 0.2) is 0 Å². The Morgan fingerprint density at radius 1 is 1.20 bits per heavy atom. The lowest BCUT2D eigenvalue weighted by Crippen LogP contribution is -2.50. The number of likely N-dealkylation sites (N-methyl/N-ethyl adjacent to an activating group) is 1. The van der Waals surface area contributed by atoms with Gasteiger partial charge in [-0.15, -0.1) is 0 Å². The number of halogens is 1. The first kappa shape index (κ1) is 17.7. The summed E-state index contributed by atoms with van der Waals surface area (Å²) in [5.41, 5.74) is 0.697. The number of carbonyl (C=O) groups is 2. The molecule has 2 amide bonds. The quantitative estimate of drug-likeness (QED) is 0.861. The molecule has 2 heterocycles. The Morgan fingerprint density at radius 3 is 2.48 bits per heavy atom. The first-order valence-corrected chi connectivity index (χ1v) is 8.77. The zero-order valence-corrected chi connectivity index (χ0v) is 14.7. The maximum atomic E-state index is 13.8. The molecule has 1 unspecified atom stereocenters. The molecule has 1 aromatic rings. The molecule has 2 fully saturated rings. The van der Waals surface area contributed by atoms with E-state index in [2.05, 4.69) is 15.5 Å². The highest BCUT2D eigenvalue weighted by molar-refractivity contribution is 5.94. The third-order valence-electron chi connectivity index (χ3n) is 5.21. The molecule has 0 bridgehead atoms. The van der Waals surface area contributed by atoms with Crippen LogP contribution in [0.5, 0.6) is 0 Å². The molecule has 0 spiro atoms. The van der Waals surface area contributed by atoms with E-state index in [0.717, 1.165) is 38.9 Å². The van der Waals surface area contributed by atoms with Crippen molar-refractivity contribution in [2.24, 2.45) is 0 Å². The van der Waals surface area contributed by atoms with Gasteiger partial charge in [0, 0.05) is 45.3 Å². The zero-order valence-electron chi connectivity index (χ0n) is 14.7. The normalized spacial score (nSPS) is 22.3. The number of anilines is 1. The molecule has 2 aliphatic heterocycles. The van der Waals surface area contributed by atoms with Crippen molar-refractivity contribution < 1.29 is 14.0 Å². The molecular formula is C18H25FN4O2. The number of amides is 2. The Morgan fingerprint density at radius 2 is 1.92 bits per heavy atom. The van der Waals surface area contributed by atoms with Crippen LogP contribution < -0.4 is 10.6 Å². The minimum absolute atomic E-state index is 0.00941. The molecule has 6 nitrogen and oxygen atoms in total. The lowest BCUT2D eigenvalue weighted by molar-refractivity contribution is -0.131. The summed E-state index contributed by atoms with van der Waals surface area (Å²) >= 11 is 0. The summed E-state index contributed by atoms with van der Waals surface area (Å²) in [5.74, 6) is -0.493. The van der Waals surface area contributed by atoms with E-state index in [4.69, 9.17) is 0 Å². The summed E-state index contributed by atoms with van der Waals surface area (Å²) in [6.07, 6.45) is 2.48. The van der Waals surface area contributed by atoms with Gasteiger partial charge in [-0.3, -0.25) is 14.5 Å². The zero-order chi connectivity index (χ0) is 18.0. The van der Waals surface area contributed by atoms with Crippen molar-refractivity contribution in [3.63, 3.8) is 0 Å². The second kappa shape index (κ2) is 7.39. The van der Waals surface area contributed by atoms with Crippen molar-refractivity contribution in [2.75, 3.05) is 39.0 Å². The fraction of sp³-hybridized carbons (Fsp3) is 0.556. The van der Waals surface area contributed by atoms with Crippen molar-refractivity contribution in [2.45, 2.75) is 31.3 Å². The smallest absolute Gasteiger partial charge is 0.251 e. The van der Waals surface area contributed by atoms with Gasteiger partial charge in [0.1, 0.15) is 5.82 Å².